The molecule has 1 amide bonds. The second-order valence-corrected chi connectivity index (χ2v) is 7.02. The van der Waals surface area contributed by atoms with E-state index in [1.54, 1.807) is 25.1 Å². The van der Waals surface area contributed by atoms with Gasteiger partial charge in [0.2, 0.25) is 0 Å². The predicted molar refractivity (Wildman–Crippen MR) is 90.9 cm³/mol. The number of carbonyl (C=O) groups excluding carboxylic acids is 1. The number of nitrogens with zero attached hydrogens (tertiary/aromatic N) is 1. The van der Waals surface area contributed by atoms with Crippen molar-refractivity contribution in [3.05, 3.63) is 68.8 Å². The molecule has 5 nitrogen and oxygen atoms in total. The zero-order valence-corrected chi connectivity index (χ0v) is 14.3. The summed E-state index contributed by atoms with van der Waals surface area (Å²) in [6, 6.07) is 9.34. The summed E-state index contributed by atoms with van der Waals surface area (Å²) in [6.07, 6.45) is 1.30. The van der Waals surface area contributed by atoms with Gasteiger partial charge in [0.1, 0.15) is 0 Å². The molecule has 23 heavy (non-hydrogen) atoms. The number of benzene rings is 1. The third kappa shape index (κ3) is 5.06. The lowest BCUT2D eigenvalue weighted by Crippen LogP contribution is -2.29. The van der Waals surface area contributed by atoms with Crippen LogP contribution in [0.1, 0.15) is 21.7 Å². The van der Waals surface area contributed by atoms with Crippen molar-refractivity contribution in [2.24, 2.45) is 0 Å². The summed E-state index contributed by atoms with van der Waals surface area (Å²) in [5, 5.41) is 1.28. The number of sulfonamides is 1. The van der Waals surface area contributed by atoms with Crippen LogP contribution >= 0.6 is 23.2 Å². The number of halogens is 2. The molecule has 1 heterocycles. The number of rotatable bonds is 4. The largest absolute Gasteiger partial charge is 0.268 e. The number of hydrogen-bond donors (Lipinski definition) is 1. The second-order valence-electron chi connectivity index (χ2n) is 4.61. The summed E-state index contributed by atoms with van der Waals surface area (Å²) in [5.74, 6) is -0.839. The summed E-state index contributed by atoms with van der Waals surface area (Å²) in [4.78, 5) is 16.1. The Kier molecular flexibility index (Phi) is 5.41. The van der Waals surface area contributed by atoms with Gasteiger partial charge in [-0.25, -0.2) is 13.1 Å². The highest BCUT2D eigenvalue weighted by atomic mass is 35.5. The lowest BCUT2D eigenvalue weighted by atomic mass is 10.2. The summed E-state index contributed by atoms with van der Waals surface area (Å²) in [5.41, 5.74) is 1.23. The lowest BCUT2D eigenvalue weighted by Gasteiger charge is -2.05. The molecule has 2 aromatic rings. The van der Waals surface area contributed by atoms with Crippen LogP contribution in [0.2, 0.25) is 10.0 Å². The van der Waals surface area contributed by atoms with Crippen LogP contribution in [0.5, 0.6) is 0 Å². The second kappa shape index (κ2) is 7.12. The van der Waals surface area contributed by atoms with Gasteiger partial charge in [0.25, 0.3) is 15.9 Å². The fourth-order valence-corrected chi connectivity index (χ4v) is 2.96. The van der Waals surface area contributed by atoms with Crippen molar-refractivity contribution in [1.29, 1.82) is 0 Å². The van der Waals surface area contributed by atoms with Crippen LogP contribution < -0.4 is 4.72 Å². The number of hydrogen-bond acceptors (Lipinski definition) is 4. The summed E-state index contributed by atoms with van der Waals surface area (Å²) in [7, 11) is -3.98. The van der Waals surface area contributed by atoms with Crippen molar-refractivity contribution in [2.45, 2.75) is 6.92 Å². The van der Waals surface area contributed by atoms with E-state index >= 15 is 0 Å². The number of amides is 1. The molecular weight excluding hydrogens is 359 g/mol. The summed E-state index contributed by atoms with van der Waals surface area (Å²) in [6.45, 7) is 1.79. The highest BCUT2D eigenvalue weighted by Crippen LogP contribution is 2.21. The zero-order valence-electron chi connectivity index (χ0n) is 12.0. The average Bonchev–Trinajstić information content (AvgIpc) is 2.44. The minimum atomic E-state index is -3.98. The molecule has 2 rings (SSSR count). The Morgan fingerprint density at radius 2 is 1.96 bits per heavy atom. The number of nitrogens with one attached hydrogen (secondary N) is 1. The van der Waals surface area contributed by atoms with Crippen LogP contribution in [0.15, 0.2) is 41.8 Å². The number of aryl methyl sites for hydroxylation is 1. The smallest absolute Gasteiger partial charge is 0.266 e. The van der Waals surface area contributed by atoms with E-state index in [-0.39, 0.29) is 10.6 Å². The van der Waals surface area contributed by atoms with Crippen molar-refractivity contribution in [3.63, 3.8) is 0 Å². The molecule has 0 aliphatic carbocycles. The van der Waals surface area contributed by atoms with Gasteiger partial charge in [-0.05, 0) is 43.3 Å². The summed E-state index contributed by atoms with van der Waals surface area (Å²) < 4.78 is 25.8. The van der Waals surface area contributed by atoms with Gasteiger partial charge in [-0.1, -0.05) is 29.3 Å². The standard InChI is InChI=1S/C15H12Cl2N2O3S/c1-10-3-2-4-12(18-10)7-8-23(21,22)19-15(20)13-6-5-11(16)9-14(13)17/h2-9H,1H3,(H,19,20)/b8-7+. The number of aromatic nitrogens is 1. The molecular formula is C15H12Cl2N2O3S. The Morgan fingerprint density at radius 3 is 2.61 bits per heavy atom. The van der Waals surface area contributed by atoms with Gasteiger partial charge in [0.15, 0.2) is 0 Å². The Hall–Kier alpha value is -1.89. The van der Waals surface area contributed by atoms with E-state index in [0.29, 0.717) is 10.7 Å². The third-order valence-corrected chi connectivity index (χ3v) is 4.25. The first-order chi connectivity index (χ1) is 10.8. The van der Waals surface area contributed by atoms with Crippen LogP contribution in [0, 0.1) is 6.92 Å². The van der Waals surface area contributed by atoms with Crippen LogP contribution in [0.4, 0.5) is 0 Å². The highest BCUT2D eigenvalue weighted by molar-refractivity contribution is 7.93. The van der Waals surface area contributed by atoms with Gasteiger partial charge in [-0.3, -0.25) is 9.78 Å². The van der Waals surface area contributed by atoms with E-state index in [2.05, 4.69) is 4.98 Å². The Bertz CT molecular complexity index is 880. The van der Waals surface area contributed by atoms with E-state index < -0.39 is 15.9 Å². The van der Waals surface area contributed by atoms with Gasteiger partial charge in [0.05, 0.1) is 21.7 Å². The van der Waals surface area contributed by atoms with Crippen LogP contribution in [-0.4, -0.2) is 19.3 Å². The molecule has 120 valence electrons. The first-order valence-corrected chi connectivity index (χ1v) is 8.71. The van der Waals surface area contributed by atoms with Gasteiger partial charge in [0, 0.05) is 10.7 Å². The minimum absolute atomic E-state index is 0.0155. The molecule has 8 heteroatoms. The highest BCUT2D eigenvalue weighted by Gasteiger charge is 2.16. The molecule has 0 aliphatic rings. The van der Waals surface area contributed by atoms with Crippen LogP contribution in [0.25, 0.3) is 6.08 Å². The maximum atomic E-state index is 12.0. The third-order valence-electron chi connectivity index (χ3n) is 2.74. The van der Waals surface area contributed by atoms with E-state index in [1.807, 2.05) is 4.72 Å². The molecule has 0 radical (unpaired) electrons. The van der Waals surface area contributed by atoms with Crippen LogP contribution in [-0.2, 0) is 10.0 Å². The molecule has 1 aromatic carbocycles. The maximum Gasteiger partial charge on any atom is 0.266 e. The quantitative estimate of drug-likeness (QED) is 0.894. The van der Waals surface area contributed by atoms with Gasteiger partial charge in [-0.15, -0.1) is 0 Å². The molecule has 0 bridgehead atoms. The van der Waals surface area contributed by atoms with Crippen LogP contribution in [0.3, 0.4) is 0 Å². The number of carbonyl (C=O) groups is 1. The molecule has 1 aromatic heterocycles. The maximum absolute atomic E-state index is 12.0. The SMILES string of the molecule is Cc1cccc(/C=C/S(=O)(=O)NC(=O)c2ccc(Cl)cc2Cl)n1. The molecule has 0 saturated carbocycles. The van der Waals surface area contributed by atoms with E-state index in [1.165, 1.54) is 24.3 Å². The molecule has 0 aliphatic heterocycles. The molecule has 0 unspecified atom stereocenters. The van der Waals surface area contributed by atoms with Gasteiger partial charge in [-0.2, -0.15) is 0 Å². The molecule has 0 fully saturated rings. The molecule has 1 N–H and O–H groups in total. The topological polar surface area (TPSA) is 76.1 Å². The van der Waals surface area contributed by atoms with E-state index in [0.717, 1.165) is 11.1 Å². The average molecular weight is 371 g/mol. The molecule has 0 saturated heterocycles. The van der Waals surface area contributed by atoms with Gasteiger partial charge < -0.3 is 0 Å². The Morgan fingerprint density at radius 1 is 1.22 bits per heavy atom. The van der Waals surface area contributed by atoms with E-state index in [4.69, 9.17) is 23.2 Å². The van der Waals surface area contributed by atoms with E-state index in [9.17, 15) is 13.2 Å². The van der Waals surface area contributed by atoms with Crippen molar-refractivity contribution < 1.29 is 13.2 Å². The van der Waals surface area contributed by atoms with Crippen molar-refractivity contribution in [1.82, 2.24) is 9.71 Å². The van der Waals surface area contributed by atoms with Crippen molar-refractivity contribution >= 4 is 45.2 Å². The predicted octanol–water partition coefficient (Wildman–Crippen LogP) is 3.43. The first-order valence-electron chi connectivity index (χ1n) is 6.41. The fourth-order valence-electron chi connectivity index (χ4n) is 1.71. The van der Waals surface area contributed by atoms with Crippen molar-refractivity contribution in [3.8, 4) is 0 Å². The zero-order chi connectivity index (χ0) is 17.0. The molecule has 0 spiro atoms. The normalized spacial score (nSPS) is 11.6. The minimum Gasteiger partial charge on any atom is -0.268 e. The van der Waals surface area contributed by atoms with Gasteiger partial charge >= 0.3 is 0 Å². The molecule has 0 atom stereocenters. The Balaban J connectivity index is 2.16. The summed E-state index contributed by atoms with van der Waals surface area (Å²) >= 11 is 11.6. The Labute approximate surface area is 144 Å². The van der Waals surface area contributed by atoms with Crippen molar-refractivity contribution in [2.75, 3.05) is 0 Å². The number of pyridine rings is 1. The lowest BCUT2D eigenvalue weighted by molar-refractivity contribution is 0.0982. The first kappa shape index (κ1) is 17.5. The fraction of sp³-hybridized carbons (Fsp3) is 0.0667. The monoisotopic (exact) mass is 370 g/mol.